The Morgan fingerprint density at radius 3 is 2.58 bits per heavy atom. The maximum Gasteiger partial charge on any atom is 0.125 e. The second-order valence-electron chi connectivity index (χ2n) is 5.84. The molecule has 0 amide bonds. The third-order valence-corrected chi connectivity index (χ3v) is 3.20. The van der Waals surface area contributed by atoms with Crippen LogP contribution in [0.15, 0.2) is 24.3 Å². The lowest BCUT2D eigenvalue weighted by Crippen LogP contribution is -2.40. The van der Waals surface area contributed by atoms with Crippen molar-refractivity contribution in [3.8, 4) is 0 Å². The highest BCUT2D eigenvalue weighted by Gasteiger charge is 2.21. The summed E-state index contributed by atoms with van der Waals surface area (Å²) in [6, 6.07) is 6.85. The van der Waals surface area contributed by atoms with Crippen molar-refractivity contribution in [3.05, 3.63) is 30.1 Å². The van der Waals surface area contributed by atoms with Crippen LogP contribution in [0.4, 0.5) is 10.1 Å². The Morgan fingerprint density at radius 1 is 1.26 bits per heavy atom. The van der Waals surface area contributed by atoms with Gasteiger partial charge in [-0.15, -0.1) is 0 Å². The Bertz CT molecular complexity index is 377. The summed E-state index contributed by atoms with van der Waals surface area (Å²) in [4.78, 5) is 2.23. The van der Waals surface area contributed by atoms with Crippen LogP contribution in [0.3, 0.4) is 0 Å². The highest BCUT2D eigenvalue weighted by Crippen LogP contribution is 2.22. The molecular weight excluding hydrogens is 239 g/mol. The Labute approximate surface area is 117 Å². The minimum Gasteiger partial charge on any atom is -0.371 e. The molecule has 0 aliphatic carbocycles. The van der Waals surface area contributed by atoms with Crippen LogP contribution >= 0.6 is 0 Å². The van der Waals surface area contributed by atoms with Crippen LogP contribution in [0.25, 0.3) is 0 Å². The second-order valence-corrected chi connectivity index (χ2v) is 5.84. The van der Waals surface area contributed by atoms with Gasteiger partial charge in [0.25, 0.3) is 0 Å². The van der Waals surface area contributed by atoms with E-state index in [1.807, 2.05) is 6.07 Å². The Morgan fingerprint density at radius 2 is 2.00 bits per heavy atom. The lowest BCUT2D eigenvalue weighted by Gasteiger charge is -2.34. The van der Waals surface area contributed by atoms with Gasteiger partial charge in [-0.3, -0.25) is 0 Å². The SMILES string of the molecule is CCCNCC(C)(C)CN(CC)c1cccc(F)c1. The van der Waals surface area contributed by atoms with Crippen molar-refractivity contribution in [2.75, 3.05) is 31.1 Å². The van der Waals surface area contributed by atoms with E-state index in [4.69, 9.17) is 0 Å². The molecule has 0 saturated heterocycles. The molecule has 0 heterocycles. The number of benzene rings is 1. The average Bonchev–Trinajstić information content (AvgIpc) is 2.36. The van der Waals surface area contributed by atoms with E-state index in [1.165, 1.54) is 6.07 Å². The third kappa shape index (κ3) is 5.60. The summed E-state index contributed by atoms with van der Waals surface area (Å²) >= 11 is 0. The molecule has 0 fully saturated rings. The van der Waals surface area contributed by atoms with Crippen LogP contribution in [0.1, 0.15) is 34.1 Å². The zero-order valence-corrected chi connectivity index (χ0v) is 12.7. The molecule has 1 rings (SSSR count). The monoisotopic (exact) mass is 266 g/mol. The van der Waals surface area contributed by atoms with Gasteiger partial charge in [0.05, 0.1) is 0 Å². The molecular formula is C16H27FN2. The molecule has 3 heteroatoms. The molecule has 108 valence electrons. The number of nitrogens with one attached hydrogen (secondary N) is 1. The molecule has 0 unspecified atom stereocenters. The van der Waals surface area contributed by atoms with Gasteiger partial charge in [0.15, 0.2) is 0 Å². The second kappa shape index (κ2) is 7.49. The Balaban J connectivity index is 2.65. The van der Waals surface area contributed by atoms with Gasteiger partial charge in [-0.05, 0) is 43.5 Å². The number of nitrogens with zero attached hydrogens (tertiary/aromatic N) is 1. The van der Waals surface area contributed by atoms with E-state index in [-0.39, 0.29) is 11.2 Å². The molecule has 1 aromatic rings. The smallest absolute Gasteiger partial charge is 0.125 e. The third-order valence-electron chi connectivity index (χ3n) is 3.20. The molecule has 0 radical (unpaired) electrons. The minimum absolute atomic E-state index is 0.164. The van der Waals surface area contributed by atoms with Crippen LogP contribution < -0.4 is 10.2 Å². The predicted octanol–water partition coefficient (Wildman–Crippen LogP) is 3.68. The van der Waals surface area contributed by atoms with E-state index < -0.39 is 0 Å². The summed E-state index contributed by atoms with van der Waals surface area (Å²) in [5.41, 5.74) is 1.13. The zero-order chi connectivity index (χ0) is 14.3. The first-order valence-electron chi connectivity index (χ1n) is 7.19. The maximum absolute atomic E-state index is 13.3. The van der Waals surface area contributed by atoms with Gasteiger partial charge in [-0.2, -0.15) is 0 Å². The van der Waals surface area contributed by atoms with Crippen molar-refractivity contribution in [1.29, 1.82) is 0 Å². The topological polar surface area (TPSA) is 15.3 Å². The molecule has 0 aliphatic rings. The lowest BCUT2D eigenvalue weighted by atomic mass is 9.92. The van der Waals surface area contributed by atoms with E-state index in [0.29, 0.717) is 0 Å². The van der Waals surface area contributed by atoms with Crippen LogP contribution in [-0.4, -0.2) is 26.2 Å². The van der Waals surface area contributed by atoms with Crippen LogP contribution in [0.5, 0.6) is 0 Å². The number of hydrogen-bond donors (Lipinski definition) is 1. The van der Waals surface area contributed by atoms with E-state index >= 15 is 0 Å². The van der Waals surface area contributed by atoms with Crippen molar-refractivity contribution in [2.45, 2.75) is 34.1 Å². The number of halogens is 1. The van der Waals surface area contributed by atoms with Crippen molar-refractivity contribution < 1.29 is 4.39 Å². The number of rotatable bonds is 8. The van der Waals surface area contributed by atoms with Gasteiger partial charge >= 0.3 is 0 Å². The minimum atomic E-state index is -0.169. The Kier molecular flexibility index (Phi) is 6.29. The summed E-state index contributed by atoms with van der Waals surface area (Å²) in [5.74, 6) is -0.169. The average molecular weight is 266 g/mol. The van der Waals surface area contributed by atoms with Crippen LogP contribution in [0, 0.1) is 11.2 Å². The first-order chi connectivity index (χ1) is 8.98. The predicted molar refractivity (Wildman–Crippen MR) is 81.2 cm³/mol. The number of hydrogen-bond acceptors (Lipinski definition) is 2. The number of anilines is 1. The van der Waals surface area contributed by atoms with Crippen LogP contribution in [-0.2, 0) is 0 Å². The van der Waals surface area contributed by atoms with Gasteiger partial charge in [0, 0.05) is 25.3 Å². The molecule has 19 heavy (non-hydrogen) atoms. The highest BCUT2D eigenvalue weighted by atomic mass is 19.1. The van der Waals surface area contributed by atoms with Crippen molar-refractivity contribution in [2.24, 2.45) is 5.41 Å². The van der Waals surface area contributed by atoms with Gasteiger partial charge in [0.1, 0.15) is 5.82 Å². The summed E-state index contributed by atoms with van der Waals surface area (Å²) in [7, 11) is 0. The molecule has 0 bridgehead atoms. The molecule has 0 aromatic heterocycles. The quantitative estimate of drug-likeness (QED) is 0.722. The van der Waals surface area contributed by atoms with Gasteiger partial charge in [-0.1, -0.05) is 26.8 Å². The fourth-order valence-corrected chi connectivity index (χ4v) is 2.23. The van der Waals surface area contributed by atoms with Gasteiger partial charge < -0.3 is 10.2 Å². The van der Waals surface area contributed by atoms with Crippen LogP contribution in [0.2, 0.25) is 0 Å². The standard InChI is InChI=1S/C16H27FN2/c1-5-10-18-12-16(3,4)13-19(6-2)15-9-7-8-14(17)11-15/h7-9,11,18H,5-6,10,12-13H2,1-4H3. The zero-order valence-electron chi connectivity index (χ0n) is 12.7. The first kappa shape index (κ1) is 16.0. The molecule has 2 nitrogen and oxygen atoms in total. The van der Waals surface area contributed by atoms with E-state index in [9.17, 15) is 4.39 Å². The summed E-state index contributed by atoms with van der Waals surface area (Å²) in [5, 5.41) is 3.47. The van der Waals surface area contributed by atoms with E-state index in [0.717, 1.165) is 38.3 Å². The molecule has 1 aromatic carbocycles. The van der Waals surface area contributed by atoms with Crippen molar-refractivity contribution in [3.63, 3.8) is 0 Å². The van der Waals surface area contributed by atoms with E-state index in [2.05, 4.69) is 37.9 Å². The lowest BCUT2D eigenvalue weighted by molar-refractivity contribution is 0.343. The molecule has 0 atom stereocenters. The molecule has 0 saturated carbocycles. The Hall–Kier alpha value is -1.09. The molecule has 1 N–H and O–H groups in total. The largest absolute Gasteiger partial charge is 0.371 e. The van der Waals surface area contributed by atoms with Crippen molar-refractivity contribution >= 4 is 5.69 Å². The summed E-state index contributed by atoms with van der Waals surface area (Å²) < 4.78 is 13.3. The maximum atomic E-state index is 13.3. The van der Waals surface area contributed by atoms with Gasteiger partial charge in [0.2, 0.25) is 0 Å². The summed E-state index contributed by atoms with van der Waals surface area (Å²) in [6.45, 7) is 12.6. The van der Waals surface area contributed by atoms with Crippen molar-refractivity contribution in [1.82, 2.24) is 5.32 Å². The van der Waals surface area contributed by atoms with E-state index in [1.54, 1.807) is 12.1 Å². The summed E-state index contributed by atoms with van der Waals surface area (Å²) in [6.07, 6.45) is 1.15. The molecule has 0 spiro atoms. The molecule has 0 aliphatic heterocycles. The fourth-order valence-electron chi connectivity index (χ4n) is 2.23. The van der Waals surface area contributed by atoms with Gasteiger partial charge in [-0.25, -0.2) is 4.39 Å². The normalized spacial score (nSPS) is 11.6. The first-order valence-corrected chi connectivity index (χ1v) is 7.19. The highest BCUT2D eigenvalue weighted by molar-refractivity contribution is 5.46. The fraction of sp³-hybridized carbons (Fsp3) is 0.625.